The smallest absolute Gasteiger partial charge is 0.253 e. The van der Waals surface area contributed by atoms with Gasteiger partial charge in [0.25, 0.3) is 5.91 Å². The van der Waals surface area contributed by atoms with Gasteiger partial charge in [0.2, 0.25) is 11.8 Å². The van der Waals surface area contributed by atoms with Crippen LogP contribution in [0.5, 0.6) is 0 Å². The molecule has 0 unspecified atom stereocenters. The Balaban J connectivity index is 0.00000420. The Morgan fingerprint density at radius 3 is 2.38 bits per heavy atom. The van der Waals surface area contributed by atoms with Gasteiger partial charge in [0.05, 0.1) is 12.6 Å². The molecule has 29 heavy (non-hydrogen) atoms. The fraction of sp³-hybridized carbons (Fsp3) is 0.571. The second-order valence-electron chi connectivity index (χ2n) is 8.04. The van der Waals surface area contributed by atoms with E-state index in [-0.39, 0.29) is 42.6 Å². The van der Waals surface area contributed by atoms with E-state index in [0.29, 0.717) is 17.2 Å². The fourth-order valence-electron chi connectivity index (χ4n) is 3.11. The van der Waals surface area contributed by atoms with E-state index in [2.05, 4.69) is 17.6 Å². The first-order valence-corrected chi connectivity index (χ1v) is 9.92. The Hall–Kier alpha value is -2.12. The molecule has 1 saturated heterocycles. The first-order chi connectivity index (χ1) is 13.2. The molecule has 1 fully saturated rings. The molecule has 1 aliphatic heterocycles. The molecular formula is C21H33ClN4O3. The summed E-state index contributed by atoms with van der Waals surface area (Å²) in [5.41, 5.74) is 7.81. The molecule has 1 heterocycles. The number of anilines is 1. The molecule has 1 aromatic carbocycles. The van der Waals surface area contributed by atoms with E-state index in [1.54, 1.807) is 18.2 Å². The van der Waals surface area contributed by atoms with E-state index in [4.69, 9.17) is 5.73 Å². The number of halogens is 1. The van der Waals surface area contributed by atoms with Crippen LogP contribution < -0.4 is 16.4 Å². The molecule has 4 N–H and O–H groups in total. The zero-order valence-corrected chi connectivity index (χ0v) is 18.5. The molecule has 7 nitrogen and oxygen atoms in total. The number of hydrogen-bond acceptors (Lipinski definition) is 4. The van der Waals surface area contributed by atoms with Crippen LogP contribution in [0.1, 0.15) is 49.5 Å². The molecule has 1 aliphatic rings. The molecule has 0 spiro atoms. The molecule has 1 aromatic rings. The largest absolute Gasteiger partial charge is 0.346 e. The average molecular weight is 425 g/mol. The van der Waals surface area contributed by atoms with Crippen LogP contribution >= 0.6 is 12.4 Å². The Bertz CT molecular complexity index is 731. The number of nitrogens with zero attached hydrogens (tertiary/aromatic N) is 1. The van der Waals surface area contributed by atoms with Gasteiger partial charge >= 0.3 is 0 Å². The lowest BCUT2D eigenvalue weighted by atomic mass is 9.98. The number of amides is 3. The molecule has 2 rings (SSSR count). The Morgan fingerprint density at radius 2 is 1.83 bits per heavy atom. The molecule has 0 saturated carbocycles. The first-order valence-electron chi connectivity index (χ1n) is 9.92. The highest BCUT2D eigenvalue weighted by molar-refractivity contribution is 5.98. The summed E-state index contributed by atoms with van der Waals surface area (Å²) in [6, 6.07) is 4.62. The monoisotopic (exact) mass is 424 g/mol. The van der Waals surface area contributed by atoms with Crippen molar-refractivity contribution in [3.8, 4) is 0 Å². The van der Waals surface area contributed by atoms with Crippen LogP contribution in [0, 0.1) is 18.8 Å². The SMILES string of the molecule is Cc1cc(C(=O)N2CCC(C)CC2)ccc1NC(=O)CNC(=O)[C@@H](N)C(C)C.Cl. The number of carbonyl (C=O) groups is 3. The van der Waals surface area contributed by atoms with Gasteiger partial charge in [-0.3, -0.25) is 14.4 Å². The fourth-order valence-corrected chi connectivity index (χ4v) is 3.11. The summed E-state index contributed by atoms with van der Waals surface area (Å²) in [4.78, 5) is 38.5. The predicted molar refractivity (Wildman–Crippen MR) is 117 cm³/mol. The van der Waals surface area contributed by atoms with Crippen LogP contribution in [-0.4, -0.2) is 48.3 Å². The van der Waals surface area contributed by atoms with Crippen molar-refractivity contribution in [3.05, 3.63) is 29.3 Å². The molecule has 3 amide bonds. The van der Waals surface area contributed by atoms with Crippen LogP contribution in [0.2, 0.25) is 0 Å². The van der Waals surface area contributed by atoms with Gasteiger partial charge in [0, 0.05) is 24.3 Å². The summed E-state index contributed by atoms with van der Waals surface area (Å²) in [6.45, 7) is 9.18. The molecule has 0 bridgehead atoms. The highest BCUT2D eigenvalue weighted by atomic mass is 35.5. The lowest BCUT2D eigenvalue weighted by molar-refractivity contribution is -0.125. The number of benzene rings is 1. The summed E-state index contributed by atoms with van der Waals surface area (Å²) in [7, 11) is 0. The minimum absolute atomic E-state index is 0. The van der Waals surface area contributed by atoms with Crippen molar-refractivity contribution in [3.63, 3.8) is 0 Å². The number of carbonyl (C=O) groups excluding carboxylic acids is 3. The van der Waals surface area contributed by atoms with Gasteiger partial charge in [0.15, 0.2) is 0 Å². The Morgan fingerprint density at radius 1 is 1.21 bits per heavy atom. The van der Waals surface area contributed by atoms with Gasteiger partial charge in [-0.2, -0.15) is 0 Å². The number of hydrogen-bond donors (Lipinski definition) is 3. The van der Waals surface area contributed by atoms with Crippen molar-refractivity contribution < 1.29 is 14.4 Å². The molecule has 1 atom stereocenters. The average Bonchev–Trinajstić information content (AvgIpc) is 2.67. The molecule has 0 aliphatic carbocycles. The number of nitrogens with two attached hydrogens (primary N) is 1. The van der Waals surface area contributed by atoms with E-state index >= 15 is 0 Å². The Labute approximate surface area is 179 Å². The number of likely N-dealkylation sites (tertiary alicyclic amines) is 1. The van der Waals surface area contributed by atoms with Gasteiger partial charge in [0.1, 0.15) is 0 Å². The zero-order valence-electron chi connectivity index (χ0n) is 17.7. The van der Waals surface area contributed by atoms with Gasteiger partial charge in [-0.1, -0.05) is 20.8 Å². The molecular weight excluding hydrogens is 392 g/mol. The summed E-state index contributed by atoms with van der Waals surface area (Å²) < 4.78 is 0. The third-order valence-corrected chi connectivity index (χ3v) is 5.26. The van der Waals surface area contributed by atoms with Crippen molar-refractivity contribution >= 4 is 35.8 Å². The predicted octanol–water partition coefficient (Wildman–Crippen LogP) is 2.33. The lowest BCUT2D eigenvalue weighted by Crippen LogP contribution is -2.46. The third kappa shape index (κ3) is 7.01. The van der Waals surface area contributed by atoms with E-state index in [1.165, 1.54) is 0 Å². The number of piperidine rings is 1. The van der Waals surface area contributed by atoms with Crippen molar-refractivity contribution in [1.29, 1.82) is 0 Å². The zero-order chi connectivity index (χ0) is 20.8. The van der Waals surface area contributed by atoms with E-state index in [1.807, 2.05) is 25.7 Å². The summed E-state index contributed by atoms with van der Waals surface area (Å²) in [6.07, 6.45) is 2.07. The minimum atomic E-state index is -0.641. The molecule has 8 heteroatoms. The highest BCUT2D eigenvalue weighted by Gasteiger charge is 2.22. The van der Waals surface area contributed by atoms with E-state index in [9.17, 15) is 14.4 Å². The van der Waals surface area contributed by atoms with Crippen molar-refractivity contribution in [2.45, 2.75) is 46.6 Å². The third-order valence-electron chi connectivity index (χ3n) is 5.26. The second kappa shape index (κ2) is 11.2. The lowest BCUT2D eigenvalue weighted by Gasteiger charge is -2.30. The van der Waals surface area contributed by atoms with Crippen molar-refractivity contribution in [2.75, 3.05) is 25.0 Å². The first kappa shape index (κ1) is 24.9. The van der Waals surface area contributed by atoms with Crippen LogP contribution in [0.4, 0.5) is 5.69 Å². The maximum absolute atomic E-state index is 12.7. The number of rotatable bonds is 6. The topological polar surface area (TPSA) is 105 Å². The number of nitrogens with one attached hydrogen (secondary N) is 2. The summed E-state index contributed by atoms with van der Waals surface area (Å²) in [5.74, 6) is 0.00966. The highest BCUT2D eigenvalue weighted by Crippen LogP contribution is 2.21. The van der Waals surface area contributed by atoms with Crippen molar-refractivity contribution in [2.24, 2.45) is 17.6 Å². The standard InChI is InChI=1S/C21H32N4O3.ClH/c1-13(2)19(22)20(27)23-12-18(26)24-17-6-5-16(11-15(17)4)21(28)25-9-7-14(3)8-10-25;/h5-6,11,13-14,19H,7-10,12,22H2,1-4H3,(H,23,27)(H,24,26);1H/t19-;/m0./s1. The van der Waals surface area contributed by atoms with Gasteiger partial charge in [-0.15, -0.1) is 12.4 Å². The minimum Gasteiger partial charge on any atom is -0.346 e. The molecule has 0 radical (unpaired) electrons. The van der Waals surface area contributed by atoms with Crippen LogP contribution in [-0.2, 0) is 9.59 Å². The quantitative estimate of drug-likeness (QED) is 0.651. The van der Waals surface area contributed by atoms with Gasteiger partial charge in [-0.25, -0.2) is 0 Å². The van der Waals surface area contributed by atoms with Crippen LogP contribution in [0.15, 0.2) is 18.2 Å². The molecule has 162 valence electrons. The van der Waals surface area contributed by atoms with Gasteiger partial charge < -0.3 is 21.3 Å². The summed E-state index contributed by atoms with van der Waals surface area (Å²) in [5, 5.41) is 5.31. The van der Waals surface area contributed by atoms with Gasteiger partial charge in [-0.05, 0) is 55.4 Å². The Kier molecular flexibility index (Phi) is 9.59. The van der Waals surface area contributed by atoms with E-state index < -0.39 is 6.04 Å². The van der Waals surface area contributed by atoms with Crippen LogP contribution in [0.25, 0.3) is 0 Å². The normalized spacial score (nSPS) is 15.4. The molecule has 0 aromatic heterocycles. The van der Waals surface area contributed by atoms with Crippen LogP contribution in [0.3, 0.4) is 0 Å². The van der Waals surface area contributed by atoms with Crippen molar-refractivity contribution in [1.82, 2.24) is 10.2 Å². The maximum atomic E-state index is 12.7. The summed E-state index contributed by atoms with van der Waals surface area (Å²) >= 11 is 0. The maximum Gasteiger partial charge on any atom is 0.253 e. The second-order valence-corrected chi connectivity index (χ2v) is 8.04. The number of aryl methyl sites for hydroxylation is 1. The van der Waals surface area contributed by atoms with E-state index in [0.717, 1.165) is 31.5 Å².